The number of carbonyl (C=O) groups is 2. The Hall–Kier alpha value is -1.06. The first-order valence-corrected chi connectivity index (χ1v) is 3.84. The molecule has 1 aliphatic rings. The summed E-state index contributed by atoms with van der Waals surface area (Å²) in [6.07, 6.45) is 0. The smallest absolute Gasteiger partial charge is 0.318 e. The first-order valence-electron chi connectivity index (χ1n) is 3.84. The van der Waals surface area contributed by atoms with E-state index in [1.807, 2.05) is 13.8 Å². The molecule has 0 saturated carbocycles. The standard InChI is InChI=1S/C8H13NO3/c1-8(2)4-9-6(10)5(8)7(11)12-3/h5H,4H2,1-3H3,(H,9,10)/t5-/m0/s1. The van der Waals surface area contributed by atoms with Gasteiger partial charge in [-0.05, 0) is 0 Å². The summed E-state index contributed by atoms with van der Waals surface area (Å²) in [5.74, 6) is -1.33. The number of ether oxygens (including phenoxy) is 1. The van der Waals surface area contributed by atoms with Crippen molar-refractivity contribution in [2.24, 2.45) is 11.3 Å². The molecular weight excluding hydrogens is 158 g/mol. The monoisotopic (exact) mass is 171 g/mol. The normalized spacial score (nSPS) is 26.6. The molecule has 1 atom stereocenters. The summed E-state index contributed by atoms with van der Waals surface area (Å²) in [6, 6.07) is 0. The lowest BCUT2D eigenvalue weighted by Crippen LogP contribution is -2.33. The fourth-order valence-corrected chi connectivity index (χ4v) is 1.42. The Morgan fingerprint density at radius 2 is 2.25 bits per heavy atom. The van der Waals surface area contributed by atoms with Gasteiger partial charge in [-0.2, -0.15) is 0 Å². The SMILES string of the molecule is COC(=O)[C@@H]1C(=O)NCC1(C)C. The number of rotatable bonds is 1. The molecule has 4 heteroatoms. The van der Waals surface area contributed by atoms with Crippen LogP contribution in [0.4, 0.5) is 0 Å². The summed E-state index contributed by atoms with van der Waals surface area (Å²) in [5.41, 5.74) is -0.329. The fraction of sp³-hybridized carbons (Fsp3) is 0.750. The maximum atomic E-state index is 11.2. The van der Waals surface area contributed by atoms with Gasteiger partial charge in [0.2, 0.25) is 5.91 Å². The van der Waals surface area contributed by atoms with Crippen molar-refractivity contribution < 1.29 is 14.3 Å². The van der Waals surface area contributed by atoms with E-state index in [1.54, 1.807) is 0 Å². The molecule has 0 aromatic carbocycles. The Bertz CT molecular complexity index is 222. The minimum atomic E-state index is -0.650. The number of hydrogen-bond acceptors (Lipinski definition) is 3. The van der Waals surface area contributed by atoms with Gasteiger partial charge >= 0.3 is 5.97 Å². The van der Waals surface area contributed by atoms with Crippen molar-refractivity contribution in [2.45, 2.75) is 13.8 Å². The Labute approximate surface area is 71.3 Å². The molecule has 1 amide bonds. The number of carbonyl (C=O) groups excluding carboxylic acids is 2. The maximum absolute atomic E-state index is 11.2. The second kappa shape index (κ2) is 2.77. The predicted molar refractivity (Wildman–Crippen MR) is 42.3 cm³/mol. The molecule has 1 aliphatic heterocycles. The van der Waals surface area contributed by atoms with E-state index in [4.69, 9.17) is 0 Å². The van der Waals surface area contributed by atoms with Gasteiger partial charge in [-0.3, -0.25) is 9.59 Å². The highest BCUT2D eigenvalue weighted by molar-refractivity contribution is 6.00. The van der Waals surface area contributed by atoms with Crippen LogP contribution in [0, 0.1) is 11.3 Å². The van der Waals surface area contributed by atoms with E-state index in [0.717, 1.165) is 0 Å². The number of nitrogens with one attached hydrogen (secondary N) is 1. The van der Waals surface area contributed by atoms with E-state index < -0.39 is 11.9 Å². The molecule has 4 nitrogen and oxygen atoms in total. The zero-order valence-electron chi connectivity index (χ0n) is 7.51. The lowest BCUT2D eigenvalue weighted by atomic mass is 9.82. The number of esters is 1. The highest BCUT2D eigenvalue weighted by Crippen LogP contribution is 2.31. The van der Waals surface area contributed by atoms with E-state index in [0.29, 0.717) is 6.54 Å². The first-order chi connectivity index (χ1) is 5.49. The molecule has 1 rings (SSSR count). The summed E-state index contributed by atoms with van der Waals surface area (Å²) in [7, 11) is 1.30. The lowest BCUT2D eigenvalue weighted by molar-refractivity contribution is -0.151. The van der Waals surface area contributed by atoms with E-state index >= 15 is 0 Å². The van der Waals surface area contributed by atoms with Crippen LogP contribution in [-0.4, -0.2) is 25.5 Å². The lowest BCUT2D eigenvalue weighted by Gasteiger charge is -2.20. The van der Waals surface area contributed by atoms with Crippen LogP contribution in [0.1, 0.15) is 13.8 Å². The van der Waals surface area contributed by atoms with Crippen molar-refractivity contribution in [3.8, 4) is 0 Å². The number of hydrogen-bond donors (Lipinski definition) is 1. The Morgan fingerprint density at radius 1 is 1.67 bits per heavy atom. The van der Waals surface area contributed by atoms with Crippen molar-refractivity contribution in [3.05, 3.63) is 0 Å². The molecular formula is C8H13NO3. The Morgan fingerprint density at radius 3 is 2.58 bits per heavy atom. The van der Waals surface area contributed by atoms with Crippen LogP contribution in [0.15, 0.2) is 0 Å². The van der Waals surface area contributed by atoms with Gasteiger partial charge in [0.05, 0.1) is 7.11 Å². The van der Waals surface area contributed by atoms with E-state index in [1.165, 1.54) is 7.11 Å². The van der Waals surface area contributed by atoms with Gasteiger partial charge in [0.1, 0.15) is 5.92 Å². The molecule has 0 aliphatic carbocycles. The highest BCUT2D eigenvalue weighted by atomic mass is 16.5. The van der Waals surface area contributed by atoms with Crippen LogP contribution in [-0.2, 0) is 14.3 Å². The van der Waals surface area contributed by atoms with Gasteiger partial charge in [-0.25, -0.2) is 0 Å². The van der Waals surface area contributed by atoms with E-state index in [-0.39, 0.29) is 11.3 Å². The second-order valence-electron chi connectivity index (χ2n) is 3.66. The van der Waals surface area contributed by atoms with Crippen LogP contribution in [0.3, 0.4) is 0 Å². The molecule has 0 unspecified atom stereocenters. The summed E-state index contributed by atoms with van der Waals surface area (Å²) in [5, 5.41) is 2.64. The minimum absolute atomic E-state index is 0.230. The molecule has 1 fully saturated rings. The largest absolute Gasteiger partial charge is 0.468 e. The molecule has 1 N–H and O–H groups in total. The quantitative estimate of drug-likeness (QED) is 0.444. The molecule has 1 saturated heterocycles. The molecule has 0 radical (unpaired) electrons. The Kier molecular flexibility index (Phi) is 2.08. The topological polar surface area (TPSA) is 55.4 Å². The predicted octanol–water partition coefficient (Wildman–Crippen LogP) is -0.0684. The molecule has 0 aromatic rings. The molecule has 1 heterocycles. The van der Waals surface area contributed by atoms with Crippen molar-refractivity contribution >= 4 is 11.9 Å². The van der Waals surface area contributed by atoms with Crippen molar-refractivity contribution in [3.63, 3.8) is 0 Å². The van der Waals surface area contributed by atoms with Gasteiger partial charge in [0.25, 0.3) is 0 Å². The zero-order valence-corrected chi connectivity index (χ0v) is 7.51. The molecule has 0 aromatic heterocycles. The Balaban J connectivity index is 2.85. The van der Waals surface area contributed by atoms with Crippen LogP contribution >= 0.6 is 0 Å². The van der Waals surface area contributed by atoms with Crippen LogP contribution in [0.5, 0.6) is 0 Å². The van der Waals surface area contributed by atoms with Gasteiger partial charge in [0, 0.05) is 12.0 Å². The van der Waals surface area contributed by atoms with Crippen LogP contribution in [0.2, 0.25) is 0 Å². The average Bonchev–Trinajstić information content (AvgIpc) is 2.25. The van der Waals surface area contributed by atoms with Crippen molar-refractivity contribution in [1.82, 2.24) is 5.32 Å². The summed E-state index contributed by atoms with van der Waals surface area (Å²) in [4.78, 5) is 22.3. The maximum Gasteiger partial charge on any atom is 0.318 e. The van der Waals surface area contributed by atoms with Crippen molar-refractivity contribution in [1.29, 1.82) is 0 Å². The van der Waals surface area contributed by atoms with Crippen molar-refractivity contribution in [2.75, 3.05) is 13.7 Å². The molecule has 12 heavy (non-hydrogen) atoms. The molecule has 0 bridgehead atoms. The van der Waals surface area contributed by atoms with Crippen LogP contribution < -0.4 is 5.32 Å². The van der Waals surface area contributed by atoms with Gasteiger partial charge < -0.3 is 10.1 Å². The van der Waals surface area contributed by atoms with E-state index in [9.17, 15) is 9.59 Å². The summed E-state index contributed by atoms with van der Waals surface area (Å²) < 4.78 is 4.54. The summed E-state index contributed by atoms with van der Waals surface area (Å²) in [6.45, 7) is 4.27. The molecule has 68 valence electrons. The fourth-order valence-electron chi connectivity index (χ4n) is 1.42. The van der Waals surface area contributed by atoms with E-state index in [2.05, 4.69) is 10.1 Å². The highest BCUT2D eigenvalue weighted by Gasteiger charge is 2.46. The third-order valence-corrected chi connectivity index (χ3v) is 2.20. The average molecular weight is 171 g/mol. The third kappa shape index (κ3) is 1.29. The molecule has 0 spiro atoms. The second-order valence-corrected chi connectivity index (χ2v) is 3.66. The number of amides is 1. The minimum Gasteiger partial charge on any atom is -0.468 e. The van der Waals surface area contributed by atoms with Gasteiger partial charge in [0.15, 0.2) is 0 Å². The van der Waals surface area contributed by atoms with Crippen LogP contribution in [0.25, 0.3) is 0 Å². The van der Waals surface area contributed by atoms with Gasteiger partial charge in [-0.15, -0.1) is 0 Å². The van der Waals surface area contributed by atoms with Gasteiger partial charge in [-0.1, -0.05) is 13.8 Å². The number of methoxy groups -OCH3 is 1. The summed E-state index contributed by atoms with van der Waals surface area (Å²) >= 11 is 0. The zero-order chi connectivity index (χ0) is 9.35. The first kappa shape index (κ1) is 9.03. The third-order valence-electron chi connectivity index (χ3n) is 2.20.